The molecule has 0 spiro atoms. The minimum atomic E-state index is 0.323. The van der Waals surface area contributed by atoms with Crippen LogP contribution in [-0.4, -0.2) is 42.5 Å². The summed E-state index contributed by atoms with van der Waals surface area (Å²) < 4.78 is 0. The van der Waals surface area contributed by atoms with E-state index < -0.39 is 0 Å². The lowest BCUT2D eigenvalue weighted by Crippen LogP contribution is -2.27. The summed E-state index contributed by atoms with van der Waals surface area (Å²) in [7, 11) is 0. The number of hydrogen-bond donors (Lipinski definition) is 1. The Labute approximate surface area is 240 Å². The lowest BCUT2D eigenvalue weighted by molar-refractivity contribution is -0.107. The summed E-state index contributed by atoms with van der Waals surface area (Å²) in [6, 6.07) is 0. The Balaban J connectivity index is 3.98. The second kappa shape index (κ2) is 32.8. The van der Waals surface area contributed by atoms with Gasteiger partial charge in [-0.3, -0.25) is 0 Å². The Hall–Kier alpha value is -0.410. The van der Waals surface area contributed by atoms with Crippen molar-refractivity contribution in [2.45, 2.75) is 187 Å². The van der Waals surface area contributed by atoms with Gasteiger partial charge >= 0.3 is 0 Å². The third kappa shape index (κ3) is 28.6. The predicted octanol–water partition coefficient (Wildman–Crippen LogP) is 10.7. The summed E-state index contributed by atoms with van der Waals surface area (Å²) in [5.41, 5.74) is 0. The van der Waals surface area contributed by atoms with Crippen LogP contribution in [0.15, 0.2) is 0 Å². The van der Waals surface area contributed by atoms with E-state index in [1.54, 1.807) is 0 Å². The molecular weight excluding hydrogens is 466 g/mol. The first-order chi connectivity index (χ1) is 18.8. The topological polar surface area (TPSA) is 40.5 Å². The maximum Gasteiger partial charge on any atom is 0.119 e. The van der Waals surface area contributed by atoms with Crippen molar-refractivity contribution in [1.82, 2.24) is 4.90 Å². The molecule has 0 radical (unpaired) electrons. The minimum absolute atomic E-state index is 0.323. The fourth-order valence-electron chi connectivity index (χ4n) is 5.86. The summed E-state index contributed by atoms with van der Waals surface area (Å²) in [5, 5.41) is 9.15. The van der Waals surface area contributed by atoms with E-state index in [1.165, 1.54) is 161 Å². The SMILES string of the molecule is CCCCCCCCC(CCCCCC)CCCCCCCCN(CCCCO)CCCCCCCC=O. The van der Waals surface area contributed by atoms with Crippen LogP contribution in [0.2, 0.25) is 0 Å². The lowest BCUT2D eigenvalue weighted by Gasteiger charge is -2.22. The first kappa shape index (κ1) is 37.6. The van der Waals surface area contributed by atoms with Gasteiger partial charge in [0.15, 0.2) is 0 Å². The molecule has 0 aliphatic heterocycles. The molecule has 0 aromatic carbocycles. The van der Waals surface area contributed by atoms with Crippen molar-refractivity contribution in [1.29, 1.82) is 0 Å². The zero-order chi connectivity index (χ0) is 27.8. The maximum atomic E-state index is 10.4. The summed E-state index contributed by atoms with van der Waals surface area (Å²) in [4.78, 5) is 13.1. The first-order valence-corrected chi connectivity index (χ1v) is 17.5. The van der Waals surface area contributed by atoms with E-state index >= 15 is 0 Å². The summed E-state index contributed by atoms with van der Waals surface area (Å²) in [5.74, 6) is 0.996. The Bertz CT molecular complexity index is 442. The van der Waals surface area contributed by atoms with Crippen LogP contribution in [0, 0.1) is 5.92 Å². The molecule has 0 aliphatic carbocycles. The molecule has 0 aromatic heterocycles. The summed E-state index contributed by atoms with van der Waals surface area (Å²) in [6.45, 7) is 8.54. The predicted molar refractivity (Wildman–Crippen MR) is 169 cm³/mol. The maximum absolute atomic E-state index is 10.4. The van der Waals surface area contributed by atoms with Crippen LogP contribution in [0.1, 0.15) is 187 Å². The fraction of sp³-hybridized carbons (Fsp3) is 0.971. The lowest BCUT2D eigenvalue weighted by atomic mass is 9.89. The van der Waals surface area contributed by atoms with Crippen LogP contribution in [0.4, 0.5) is 0 Å². The van der Waals surface area contributed by atoms with Gasteiger partial charge in [-0.1, -0.05) is 149 Å². The molecule has 0 bridgehead atoms. The number of aliphatic hydroxyl groups is 1. The monoisotopic (exact) mass is 538 g/mol. The number of carbonyl (C=O) groups excluding carboxylic acids is 1. The van der Waals surface area contributed by atoms with Crippen LogP contribution >= 0.6 is 0 Å². The van der Waals surface area contributed by atoms with Crippen molar-refractivity contribution < 1.29 is 9.90 Å². The number of rotatable bonds is 33. The average molecular weight is 538 g/mol. The van der Waals surface area contributed by atoms with Gasteiger partial charge in [-0.05, 0) is 57.7 Å². The van der Waals surface area contributed by atoms with Crippen molar-refractivity contribution in [2.75, 3.05) is 26.2 Å². The molecule has 38 heavy (non-hydrogen) atoms. The van der Waals surface area contributed by atoms with Gasteiger partial charge in [-0.15, -0.1) is 0 Å². The number of carbonyl (C=O) groups is 1. The Kier molecular flexibility index (Phi) is 32.4. The number of unbranched alkanes of at least 4 members (excludes halogenated alkanes) is 19. The van der Waals surface area contributed by atoms with E-state index in [0.29, 0.717) is 6.61 Å². The highest BCUT2D eigenvalue weighted by atomic mass is 16.2. The Morgan fingerprint density at radius 1 is 0.500 bits per heavy atom. The highest BCUT2D eigenvalue weighted by Gasteiger charge is 2.09. The smallest absolute Gasteiger partial charge is 0.119 e. The van der Waals surface area contributed by atoms with E-state index in [2.05, 4.69) is 18.7 Å². The van der Waals surface area contributed by atoms with Crippen LogP contribution < -0.4 is 0 Å². The molecule has 1 N–H and O–H groups in total. The van der Waals surface area contributed by atoms with Crippen molar-refractivity contribution in [3.63, 3.8) is 0 Å². The molecule has 0 aliphatic rings. The van der Waals surface area contributed by atoms with Crippen molar-refractivity contribution >= 4 is 6.29 Å². The van der Waals surface area contributed by atoms with Gasteiger partial charge in [0.1, 0.15) is 6.29 Å². The van der Waals surface area contributed by atoms with Crippen LogP contribution in [0.25, 0.3) is 0 Å². The quantitative estimate of drug-likeness (QED) is 0.0668. The second-order valence-corrected chi connectivity index (χ2v) is 12.2. The number of hydrogen-bond acceptors (Lipinski definition) is 3. The number of nitrogens with zero attached hydrogens (tertiary/aromatic N) is 1. The van der Waals surface area contributed by atoms with Gasteiger partial charge in [0.25, 0.3) is 0 Å². The zero-order valence-electron chi connectivity index (χ0n) is 26.4. The van der Waals surface area contributed by atoms with Crippen molar-refractivity contribution in [3.8, 4) is 0 Å². The highest BCUT2D eigenvalue weighted by molar-refractivity contribution is 5.48. The molecule has 0 aromatic rings. The molecule has 0 rings (SSSR count). The van der Waals surface area contributed by atoms with E-state index in [1.807, 2.05) is 0 Å². The zero-order valence-corrected chi connectivity index (χ0v) is 26.4. The molecule has 1 unspecified atom stereocenters. The highest BCUT2D eigenvalue weighted by Crippen LogP contribution is 2.24. The number of aldehydes is 1. The van der Waals surface area contributed by atoms with Gasteiger partial charge in [-0.25, -0.2) is 0 Å². The third-order valence-electron chi connectivity index (χ3n) is 8.45. The van der Waals surface area contributed by atoms with E-state index in [-0.39, 0.29) is 0 Å². The van der Waals surface area contributed by atoms with Crippen LogP contribution in [0.3, 0.4) is 0 Å². The summed E-state index contributed by atoms with van der Waals surface area (Å²) in [6.07, 6.45) is 37.1. The fourth-order valence-corrected chi connectivity index (χ4v) is 5.86. The van der Waals surface area contributed by atoms with Crippen molar-refractivity contribution in [2.24, 2.45) is 5.92 Å². The van der Waals surface area contributed by atoms with E-state index in [9.17, 15) is 4.79 Å². The van der Waals surface area contributed by atoms with Gasteiger partial charge in [0, 0.05) is 13.0 Å². The standard InChI is InChI=1S/C35H71NO2/c1-3-5-7-9-14-20-28-35(27-19-8-6-4-2)29-21-15-10-11-16-22-30-36(32-24-26-34-38)31-23-17-12-13-18-25-33-37/h33,35,38H,3-32,34H2,1-2H3. The molecule has 1 atom stereocenters. The Morgan fingerprint density at radius 3 is 1.32 bits per heavy atom. The molecule has 0 heterocycles. The van der Waals surface area contributed by atoms with Crippen molar-refractivity contribution in [3.05, 3.63) is 0 Å². The molecule has 3 nitrogen and oxygen atoms in total. The Morgan fingerprint density at radius 2 is 0.868 bits per heavy atom. The van der Waals surface area contributed by atoms with E-state index in [0.717, 1.165) is 44.4 Å². The average Bonchev–Trinajstić information content (AvgIpc) is 2.93. The van der Waals surface area contributed by atoms with Crippen LogP contribution in [0.5, 0.6) is 0 Å². The van der Waals surface area contributed by atoms with Gasteiger partial charge < -0.3 is 14.8 Å². The van der Waals surface area contributed by atoms with Gasteiger partial charge in [0.2, 0.25) is 0 Å². The largest absolute Gasteiger partial charge is 0.396 e. The normalized spacial score (nSPS) is 12.4. The molecule has 0 saturated carbocycles. The molecule has 3 heteroatoms. The molecule has 0 fully saturated rings. The second-order valence-electron chi connectivity index (χ2n) is 12.2. The first-order valence-electron chi connectivity index (χ1n) is 17.5. The third-order valence-corrected chi connectivity index (χ3v) is 8.45. The van der Waals surface area contributed by atoms with Gasteiger partial charge in [0.05, 0.1) is 0 Å². The number of aliphatic hydroxyl groups excluding tert-OH is 1. The molecule has 0 saturated heterocycles. The van der Waals surface area contributed by atoms with Gasteiger partial charge in [-0.2, -0.15) is 0 Å². The van der Waals surface area contributed by atoms with Crippen LogP contribution in [-0.2, 0) is 4.79 Å². The summed E-state index contributed by atoms with van der Waals surface area (Å²) >= 11 is 0. The van der Waals surface area contributed by atoms with E-state index in [4.69, 9.17) is 5.11 Å². The molecule has 0 amide bonds. The molecule has 228 valence electrons. The molecular formula is C35H71NO2. The minimum Gasteiger partial charge on any atom is -0.396 e.